The fourth-order valence-corrected chi connectivity index (χ4v) is 2.22. The van der Waals surface area contributed by atoms with Crippen molar-refractivity contribution in [3.8, 4) is 11.6 Å². The number of aromatic hydroxyl groups is 1. The van der Waals surface area contributed by atoms with Gasteiger partial charge in [0.1, 0.15) is 0 Å². The van der Waals surface area contributed by atoms with Crippen LogP contribution in [0.15, 0.2) is 24.3 Å². The maximum Gasteiger partial charge on any atom is 0.217 e. The van der Waals surface area contributed by atoms with Gasteiger partial charge >= 0.3 is 0 Å². The summed E-state index contributed by atoms with van der Waals surface area (Å²) in [4.78, 5) is 0. The molecular formula is C15H20N2O. The number of aryl methyl sites for hydroxylation is 2. The number of hydrogen-bond donors (Lipinski definition) is 1. The van der Waals surface area contributed by atoms with E-state index in [0.717, 1.165) is 41.8 Å². The van der Waals surface area contributed by atoms with Crippen LogP contribution in [-0.4, -0.2) is 14.9 Å². The third-order valence-electron chi connectivity index (χ3n) is 3.13. The van der Waals surface area contributed by atoms with Gasteiger partial charge in [0, 0.05) is 5.56 Å². The van der Waals surface area contributed by atoms with Crippen LogP contribution in [0, 0.1) is 6.92 Å². The lowest BCUT2D eigenvalue weighted by atomic mass is 10.1. The van der Waals surface area contributed by atoms with Crippen molar-refractivity contribution >= 4 is 0 Å². The fraction of sp³-hybridized carbons (Fsp3) is 0.400. The maximum atomic E-state index is 10.3. The highest BCUT2D eigenvalue weighted by Crippen LogP contribution is 2.26. The van der Waals surface area contributed by atoms with Gasteiger partial charge in [-0.3, -0.25) is 0 Å². The minimum absolute atomic E-state index is 0.284. The molecule has 0 fully saturated rings. The zero-order valence-electron chi connectivity index (χ0n) is 11.3. The molecule has 0 atom stereocenters. The molecular weight excluding hydrogens is 224 g/mol. The van der Waals surface area contributed by atoms with Crippen LogP contribution < -0.4 is 0 Å². The molecule has 0 aliphatic heterocycles. The van der Waals surface area contributed by atoms with Gasteiger partial charge in [-0.2, -0.15) is 5.10 Å². The molecule has 0 amide bonds. The van der Waals surface area contributed by atoms with E-state index in [1.165, 1.54) is 0 Å². The number of aromatic nitrogens is 2. The predicted octanol–water partition coefficient (Wildman–Crippen LogP) is 3.40. The molecule has 0 aliphatic carbocycles. The number of benzene rings is 1. The zero-order chi connectivity index (χ0) is 13.1. The van der Waals surface area contributed by atoms with E-state index >= 15 is 0 Å². The summed E-state index contributed by atoms with van der Waals surface area (Å²) < 4.78 is 1.65. The van der Waals surface area contributed by atoms with Crippen molar-refractivity contribution in [1.82, 2.24) is 9.78 Å². The molecule has 1 heterocycles. The average molecular weight is 244 g/mol. The van der Waals surface area contributed by atoms with Crippen LogP contribution >= 0.6 is 0 Å². The van der Waals surface area contributed by atoms with Crippen molar-refractivity contribution in [2.45, 2.75) is 40.0 Å². The molecule has 3 heteroatoms. The first kappa shape index (κ1) is 12.7. The summed E-state index contributed by atoms with van der Waals surface area (Å²) in [5.74, 6) is 0.284. The second-order valence-corrected chi connectivity index (χ2v) is 4.60. The van der Waals surface area contributed by atoms with Crippen LogP contribution in [0.3, 0.4) is 0 Å². The molecule has 2 aromatic rings. The van der Waals surface area contributed by atoms with Crippen molar-refractivity contribution in [2.24, 2.45) is 0 Å². The fourth-order valence-electron chi connectivity index (χ4n) is 2.22. The van der Waals surface area contributed by atoms with Crippen LogP contribution in [0.4, 0.5) is 0 Å². The van der Waals surface area contributed by atoms with E-state index < -0.39 is 0 Å². The van der Waals surface area contributed by atoms with Gasteiger partial charge in [0.15, 0.2) is 0 Å². The summed E-state index contributed by atoms with van der Waals surface area (Å²) in [6, 6.07) is 8.02. The molecule has 0 bridgehead atoms. The molecule has 1 aromatic carbocycles. The first-order valence-corrected chi connectivity index (χ1v) is 6.54. The van der Waals surface area contributed by atoms with E-state index in [9.17, 15) is 5.11 Å². The lowest BCUT2D eigenvalue weighted by Gasteiger charge is -2.04. The molecule has 0 saturated heterocycles. The lowest BCUT2D eigenvalue weighted by molar-refractivity contribution is 0.428. The van der Waals surface area contributed by atoms with Gasteiger partial charge in [-0.05, 0) is 37.5 Å². The van der Waals surface area contributed by atoms with Crippen molar-refractivity contribution in [3.05, 3.63) is 41.1 Å². The summed E-state index contributed by atoms with van der Waals surface area (Å²) in [5, 5.41) is 14.8. The molecule has 3 nitrogen and oxygen atoms in total. The number of nitrogens with zero attached hydrogens (tertiary/aromatic N) is 2. The third-order valence-corrected chi connectivity index (χ3v) is 3.13. The molecule has 0 saturated carbocycles. The van der Waals surface area contributed by atoms with Gasteiger partial charge in [-0.15, -0.1) is 0 Å². The average Bonchev–Trinajstić information content (AvgIpc) is 2.66. The Balaban J connectivity index is 2.51. The largest absolute Gasteiger partial charge is 0.493 e. The highest BCUT2D eigenvalue weighted by molar-refractivity contribution is 5.42. The molecule has 0 unspecified atom stereocenters. The minimum atomic E-state index is 0.284. The Morgan fingerprint density at radius 2 is 2.06 bits per heavy atom. The Morgan fingerprint density at radius 3 is 2.67 bits per heavy atom. The lowest BCUT2D eigenvalue weighted by Crippen LogP contribution is -1.97. The van der Waals surface area contributed by atoms with Gasteiger partial charge in [-0.1, -0.05) is 32.4 Å². The molecule has 18 heavy (non-hydrogen) atoms. The SMILES string of the molecule is CCCc1nn(-c2cccc(C)c2)c(O)c1CC. The monoisotopic (exact) mass is 244 g/mol. The van der Waals surface area contributed by atoms with E-state index in [2.05, 4.69) is 18.9 Å². The first-order valence-electron chi connectivity index (χ1n) is 6.54. The summed E-state index contributed by atoms with van der Waals surface area (Å²) in [5.41, 5.74) is 4.07. The van der Waals surface area contributed by atoms with Crippen LogP contribution in [0.2, 0.25) is 0 Å². The summed E-state index contributed by atoms with van der Waals surface area (Å²) in [6.45, 7) is 6.22. The highest BCUT2D eigenvalue weighted by Gasteiger charge is 2.16. The van der Waals surface area contributed by atoms with Crippen molar-refractivity contribution in [3.63, 3.8) is 0 Å². The molecule has 1 aromatic heterocycles. The molecule has 2 rings (SSSR count). The van der Waals surface area contributed by atoms with E-state index in [-0.39, 0.29) is 5.88 Å². The Labute approximate surface area is 108 Å². The summed E-state index contributed by atoms with van der Waals surface area (Å²) in [7, 11) is 0. The van der Waals surface area contributed by atoms with Gasteiger partial charge in [0.05, 0.1) is 11.4 Å². The van der Waals surface area contributed by atoms with Crippen LogP contribution in [0.5, 0.6) is 5.88 Å². The first-order chi connectivity index (χ1) is 8.67. The van der Waals surface area contributed by atoms with Crippen LogP contribution in [0.25, 0.3) is 5.69 Å². The topological polar surface area (TPSA) is 38.0 Å². The molecule has 0 spiro atoms. The smallest absolute Gasteiger partial charge is 0.217 e. The highest BCUT2D eigenvalue weighted by atomic mass is 16.3. The Bertz CT molecular complexity index is 543. The second-order valence-electron chi connectivity index (χ2n) is 4.60. The second kappa shape index (κ2) is 5.25. The zero-order valence-corrected chi connectivity index (χ0v) is 11.3. The molecule has 96 valence electrons. The molecule has 0 radical (unpaired) electrons. The molecule has 1 N–H and O–H groups in total. The van der Waals surface area contributed by atoms with Crippen molar-refractivity contribution in [1.29, 1.82) is 0 Å². The quantitative estimate of drug-likeness (QED) is 0.895. The van der Waals surface area contributed by atoms with E-state index in [0.29, 0.717) is 0 Å². The standard InChI is InChI=1S/C15H20N2O/c1-4-7-14-13(5-2)15(18)17(16-14)12-9-6-8-11(3)10-12/h6,8-10,18H,4-5,7H2,1-3H3. The number of hydrogen-bond acceptors (Lipinski definition) is 2. The normalized spacial score (nSPS) is 10.8. The van der Waals surface area contributed by atoms with E-state index in [1.807, 2.05) is 31.2 Å². The van der Waals surface area contributed by atoms with E-state index in [4.69, 9.17) is 0 Å². The number of rotatable bonds is 4. The predicted molar refractivity (Wildman–Crippen MR) is 73.3 cm³/mol. The van der Waals surface area contributed by atoms with Gasteiger partial charge in [0.25, 0.3) is 0 Å². The van der Waals surface area contributed by atoms with Gasteiger partial charge < -0.3 is 5.11 Å². The Kier molecular flexibility index (Phi) is 3.70. The Morgan fingerprint density at radius 1 is 1.28 bits per heavy atom. The van der Waals surface area contributed by atoms with Gasteiger partial charge in [-0.25, -0.2) is 4.68 Å². The van der Waals surface area contributed by atoms with Crippen molar-refractivity contribution in [2.75, 3.05) is 0 Å². The Hall–Kier alpha value is -1.77. The maximum absolute atomic E-state index is 10.3. The molecule has 0 aliphatic rings. The van der Waals surface area contributed by atoms with Crippen LogP contribution in [-0.2, 0) is 12.8 Å². The van der Waals surface area contributed by atoms with E-state index in [1.54, 1.807) is 4.68 Å². The van der Waals surface area contributed by atoms with Crippen molar-refractivity contribution < 1.29 is 5.11 Å². The van der Waals surface area contributed by atoms with Gasteiger partial charge in [0.2, 0.25) is 5.88 Å². The summed E-state index contributed by atoms with van der Waals surface area (Å²) in [6.07, 6.45) is 2.76. The summed E-state index contributed by atoms with van der Waals surface area (Å²) >= 11 is 0. The van der Waals surface area contributed by atoms with Crippen LogP contribution in [0.1, 0.15) is 37.1 Å². The third kappa shape index (κ3) is 2.26. The minimum Gasteiger partial charge on any atom is -0.493 e.